The molecule has 0 radical (unpaired) electrons. The third kappa shape index (κ3) is 1.18. The number of aromatic amines is 1. The quantitative estimate of drug-likeness (QED) is 0.649. The van der Waals surface area contributed by atoms with Crippen LogP contribution in [0.2, 0.25) is 0 Å². The number of aromatic nitrogens is 2. The summed E-state index contributed by atoms with van der Waals surface area (Å²) in [6.07, 6.45) is 2.47. The topological polar surface area (TPSA) is 45.8 Å². The molecular weight excluding hydrogens is 140 g/mol. The second-order valence-corrected chi connectivity index (χ2v) is 3.04. The van der Waals surface area contributed by atoms with Crippen molar-refractivity contribution in [2.75, 3.05) is 0 Å². The van der Waals surface area contributed by atoms with Crippen LogP contribution in [-0.2, 0) is 0 Å². The number of nitrogens with zero attached hydrogens (tertiary/aromatic N) is 1. The first-order valence-corrected chi connectivity index (χ1v) is 3.83. The van der Waals surface area contributed by atoms with Crippen LogP contribution in [0, 0.1) is 0 Å². The van der Waals surface area contributed by atoms with Gasteiger partial charge in [-0.15, -0.1) is 0 Å². The zero-order chi connectivity index (χ0) is 7.84. The summed E-state index contributed by atoms with van der Waals surface area (Å²) in [5, 5.41) is 6.78. The Morgan fingerprint density at radius 1 is 1.73 bits per heavy atom. The average Bonchev–Trinajstić information content (AvgIpc) is 2.68. The van der Waals surface area contributed by atoms with Gasteiger partial charge in [0.1, 0.15) is 5.69 Å². The van der Waals surface area contributed by atoms with Crippen molar-refractivity contribution in [3.8, 4) is 0 Å². The molecule has 0 aliphatic heterocycles. The molecule has 1 saturated carbocycles. The van der Waals surface area contributed by atoms with Gasteiger partial charge >= 0.3 is 0 Å². The number of H-pyrrole nitrogens is 1. The summed E-state index contributed by atoms with van der Waals surface area (Å²) in [5.74, 6) is 0.684. The first-order valence-electron chi connectivity index (χ1n) is 3.83. The highest BCUT2D eigenvalue weighted by atomic mass is 16.1. The fourth-order valence-electron chi connectivity index (χ4n) is 1.12. The Morgan fingerprint density at radius 2 is 2.45 bits per heavy atom. The molecular formula is C8H10N2O. The highest BCUT2D eigenvalue weighted by Crippen LogP contribution is 2.38. The molecule has 1 aliphatic carbocycles. The minimum Gasteiger partial charge on any atom is -0.293 e. The van der Waals surface area contributed by atoms with E-state index in [0.717, 1.165) is 5.69 Å². The van der Waals surface area contributed by atoms with Crippen LogP contribution in [0.15, 0.2) is 6.07 Å². The zero-order valence-corrected chi connectivity index (χ0v) is 6.42. The molecule has 0 bridgehead atoms. The maximum Gasteiger partial charge on any atom is 0.179 e. The van der Waals surface area contributed by atoms with Crippen molar-refractivity contribution in [1.82, 2.24) is 10.2 Å². The van der Waals surface area contributed by atoms with Crippen molar-refractivity contribution in [3.63, 3.8) is 0 Å². The Morgan fingerprint density at radius 3 is 2.91 bits per heavy atom. The van der Waals surface area contributed by atoms with Gasteiger partial charge in [0.05, 0.1) is 0 Å². The van der Waals surface area contributed by atoms with E-state index in [1.807, 2.05) is 6.07 Å². The minimum atomic E-state index is 0.0353. The van der Waals surface area contributed by atoms with Gasteiger partial charge in [0.15, 0.2) is 5.78 Å². The van der Waals surface area contributed by atoms with Gasteiger partial charge in [0.25, 0.3) is 0 Å². The summed E-state index contributed by atoms with van der Waals surface area (Å²) >= 11 is 0. The first kappa shape index (κ1) is 6.58. The molecule has 0 atom stereocenters. The maximum atomic E-state index is 10.8. The van der Waals surface area contributed by atoms with E-state index >= 15 is 0 Å². The van der Waals surface area contributed by atoms with Gasteiger partial charge in [-0.1, -0.05) is 0 Å². The highest BCUT2D eigenvalue weighted by Gasteiger charge is 2.25. The molecule has 0 aromatic carbocycles. The van der Waals surface area contributed by atoms with E-state index in [1.54, 1.807) is 0 Å². The number of Topliss-reactive ketones (excluding diaryl/α,β-unsaturated/α-hetero) is 1. The number of carbonyl (C=O) groups excluding carboxylic acids is 1. The number of rotatable bonds is 2. The van der Waals surface area contributed by atoms with Gasteiger partial charge in [0.2, 0.25) is 0 Å². The Kier molecular flexibility index (Phi) is 1.31. The molecule has 11 heavy (non-hydrogen) atoms. The van der Waals surface area contributed by atoms with E-state index < -0.39 is 0 Å². The van der Waals surface area contributed by atoms with Crippen LogP contribution in [0.4, 0.5) is 0 Å². The van der Waals surface area contributed by atoms with Gasteiger partial charge in [-0.25, -0.2) is 0 Å². The normalized spacial score (nSPS) is 16.8. The molecule has 1 aromatic heterocycles. The van der Waals surface area contributed by atoms with Crippen LogP contribution in [-0.4, -0.2) is 16.0 Å². The second kappa shape index (κ2) is 2.19. The molecule has 0 amide bonds. The van der Waals surface area contributed by atoms with Crippen LogP contribution in [0.3, 0.4) is 0 Å². The molecule has 2 rings (SSSR count). The van der Waals surface area contributed by atoms with E-state index in [-0.39, 0.29) is 5.78 Å². The maximum absolute atomic E-state index is 10.8. The van der Waals surface area contributed by atoms with E-state index in [2.05, 4.69) is 10.2 Å². The van der Waals surface area contributed by atoms with E-state index in [4.69, 9.17) is 0 Å². The molecule has 1 aliphatic rings. The lowest BCUT2D eigenvalue weighted by atomic mass is 10.2. The molecule has 1 heterocycles. The molecule has 58 valence electrons. The van der Waals surface area contributed by atoms with Crippen LogP contribution in [0.1, 0.15) is 41.9 Å². The summed E-state index contributed by atoms with van der Waals surface area (Å²) in [4.78, 5) is 10.8. The number of hydrogen-bond donors (Lipinski definition) is 1. The largest absolute Gasteiger partial charge is 0.293 e. The van der Waals surface area contributed by atoms with Crippen molar-refractivity contribution >= 4 is 5.78 Å². The predicted molar refractivity (Wildman–Crippen MR) is 40.6 cm³/mol. The Hall–Kier alpha value is -1.12. The molecule has 1 fully saturated rings. The van der Waals surface area contributed by atoms with Crippen LogP contribution >= 0.6 is 0 Å². The van der Waals surface area contributed by atoms with E-state index in [0.29, 0.717) is 11.6 Å². The summed E-state index contributed by atoms with van der Waals surface area (Å²) in [6, 6.07) is 1.86. The summed E-state index contributed by atoms with van der Waals surface area (Å²) in [7, 11) is 0. The Balaban J connectivity index is 2.25. The van der Waals surface area contributed by atoms with Crippen molar-refractivity contribution in [2.45, 2.75) is 25.7 Å². The van der Waals surface area contributed by atoms with Crippen molar-refractivity contribution in [2.24, 2.45) is 0 Å². The number of ketones is 1. The Bertz CT molecular complexity index is 286. The zero-order valence-electron chi connectivity index (χ0n) is 6.42. The SMILES string of the molecule is CC(=O)c1cc(C2CC2)[nH]n1. The van der Waals surface area contributed by atoms with Crippen LogP contribution < -0.4 is 0 Å². The minimum absolute atomic E-state index is 0.0353. The predicted octanol–water partition coefficient (Wildman–Crippen LogP) is 1.49. The van der Waals surface area contributed by atoms with Gasteiger partial charge in [0, 0.05) is 18.5 Å². The molecule has 0 unspecified atom stereocenters. The summed E-state index contributed by atoms with van der Waals surface area (Å²) in [5.41, 5.74) is 1.68. The summed E-state index contributed by atoms with van der Waals surface area (Å²) in [6.45, 7) is 1.53. The average molecular weight is 150 g/mol. The van der Waals surface area contributed by atoms with Gasteiger partial charge in [-0.05, 0) is 18.9 Å². The smallest absolute Gasteiger partial charge is 0.179 e. The number of carbonyl (C=O) groups is 1. The fourth-order valence-corrected chi connectivity index (χ4v) is 1.12. The third-order valence-electron chi connectivity index (χ3n) is 1.98. The fraction of sp³-hybridized carbons (Fsp3) is 0.500. The first-order chi connectivity index (χ1) is 5.27. The van der Waals surface area contributed by atoms with Crippen molar-refractivity contribution in [3.05, 3.63) is 17.5 Å². The lowest BCUT2D eigenvalue weighted by Gasteiger charge is -1.83. The number of nitrogens with one attached hydrogen (secondary N) is 1. The van der Waals surface area contributed by atoms with Crippen LogP contribution in [0.5, 0.6) is 0 Å². The van der Waals surface area contributed by atoms with Gasteiger partial charge in [-0.2, -0.15) is 5.10 Å². The monoisotopic (exact) mass is 150 g/mol. The van der Waals surface area contributed by atoms with E-state index in [9.17, 15) is 4.79 Å². The lowest BCUT2D eigenvalue weighted by molar-refractivity contribution is 0.101. The molecule has 3 heteroatoms. The summed E-state index contributed by atoms with van der Waals surface area (Å²) < 4.78 is 0. The standard InChI is InChI=1S/C8H10N2O/c1-5(11)7-4-8(10-9-7)6-2-3-6/h4,6H,2-3H2,1H3,(H,9,10). The van der Waals surface area contributed by atoms with Gasteiger partial charge < -0.3 is 0 Å². The lowest BCUT2D eigenvalue weighted by Crippen LogP contribution is -1.90. The third-order valence-corrected chi connectivity index (χ3v) is 1.98. The second-order valence-electron chi connectivity index (χ2n) is 3.04. The molecule has 3 nitrogen and oxygen atoms in total. The van der Waals surface area contributed by atoms with Gasteiger partial charge in [-0.3, -0.25) is 9.89 Å². The highest BCUT2D eigenvalue weighted by molar-refractivity contribution is 5.92. The van der Waals surface area contributed by atoms with Crippen molar-refractivity contribution < 1.29 is 4.79 Å². The number of hydrogen-bond acceptors (Lipinski definition) is 2. The van der Waals surface area contributed by atoms with E-state index in [1.165, 1.54) is 19.8 Å². The molecule has 1 aromatic rings. The molecule has 0 spiro atoms. The molecule has 1 N–H and O–H groups in total. The van der Waals surface area contributed by atoms with Crippen molar-refractivity contribution in [1.29, 1.82) is 0 Å². The Labute approximate surface area is 64.8 Å². The molecule has 0 saturated heterocycles. The van der Waals surface area contributed by atoms with Crippen LogP contribution in [0.25, 0.3) is 0 Å².